The quantitative estimate of drug-likeness (QED) is 0.636. The van der Waals surface area contributed by atoms with Gasteiger partial charge in [-0.3, -0.25) is 4.79 Å². The molecule has 1 N–H and O–H groups in total. The highest BCUT2D eigenvalue weighted by atomic mass is 79.9. The lowest BCUT2D eigenvalue weighted by molar-refractivity contribution is -0.116. The lowest BCUT2D eigenvalue weighted by atomic mass is 10.3. The van der Waals surface area contributed by atoms with Crippen molar-refractivity contribution in [2.75, 3.05) is 13.2 Å². The first-order chi connectivity index (χ1) is 9.74. The first-order valence-electron chi connectivity index (χ1n) is 6.13. The first-order valence-corrected chi connectivity index (χ1v) is 7.74. The molecule has 0 fully saturated rings. The van der Waals surface area contributed by atoms with E-state index in [0.717, 1.165) is 14.4 Å². The standard InChI is InChI=1S/C15H14BrNO2S/c16-14-8-6-13(20-14)7-9-15(18)17-10-11-19-12-4-2-1-3-5-12/h1-9H,10-11H2,(H,17,18)/b9-7+. The van der Waals surface area contributed by atoms with Gasteiger partial charge < -0.3 is 10.1 Å². The van der Waals surface area contributed by atoms with Gasteiger partial charge in [0.1, 0.15) is 12.4 Å². The Morgan fingerprint density at radius 3 is 2.75 bits per heavy atom. The van der Waals surface area contributed by atoms with Crippen LogP contribution in [0, 0.1) is 0 Å². The van der Waals surface area contributed by atoms with Crippen molar-refractivity contribution in [3.05, 3.63) is 57.2 Å². The number of benzene rings is 1. The van der Waals surface area contributed by atoms with Gasteiger partial charge in [0.25, 0.3) is 0 Å². The minimum Gasteiger partial charge on any atom is -0.492 e. The zero-order valence-corrected chi connectivity index (χ0v) is 13.1. The van der Waals surface area contributed by atoms with Gasteiger partial charge in [-0.05, 0) is 46.3 Å². The minimum atomic E-state index is -0.119. The lowest BCUT2D eigenvalue weighted by Gasteiger charge is -2.05. The van der Waals surface area contributed by atoms with Crippen LogP contribution in [-0.2, 0) is 4.79 Å². The van der Waals surface area contributed by atoms with Gasteiger partial charge in [0.05, 0.1) is 10.3 Å². The molecule has 1 aromatic carbocycles. The van der Waals surface area contributed by atoms with Crippen LogP contribution in [-0.4, -0.2) is 19.1 Å². The Morgan fingerprint density at radius 2 is 2.05 bits per heavy atom. The summed E-state index contributed by atoms with van der Waals surface area (Å²) in [4.78, 5) is 12.6. The third-order valence-electron chi connectivity index (χ3n) is 2.41. The van der Waals surface area contributed by atoms with Crippen molar-refractivity contribution in [1.29, 1.82) is 0 Å². The molecule has 5 heteroatoms. The molecule has 1 aromatic heterocycles. The van der Waals surface area contributed by atoms with Crippen LogP contribution in [0.4, 0.5) is 0 Å². The normalized spacial score (nSPS) is 10.7. The average Bonchev–Trinajstić information content (AvgIpc) is 2.88. The maximum absolute atomic E-state index is 11.6. The first kappa shape index (κ1) is 14.8. The molecule has 0 spiro atoms. The summed E-state index contributed by atoms with van der Waals surface area (Å²) in [7, 11) is 0. The fourth-order valence-corrected chi connectivity index (χ4v) is 2.82. The Morgan fingerprint density at radius 1 is 1.25 bits per heavy atom. The van der Waals surface area contributed by atoms with E-state index in [1.54, 1.807) is 17.4 Å². The fraction of sp³-hybridized carbons (Fsp3) is 0.133. The molecule has 0 aliphatic carbocycles. The zero-order chi connectivity index (χ0) is 14.2. The van der Waals surface area contributed by atoms with Crippen molar-refractivity contribution in [3.8, 4) is 5.75 Å². The molecule has 0 unspecified atom stereocenters. The molecule has 2 aromatic rings. The topological polar surface area (TPSA) is 38.3 Å². The molecule has 0 radical (unpaired) electrons. The van der Waals surface area contributed by atoms with Gasteiger partial charge in [0.15, 0.2) is 0 Å². The van der Waals surface area contributed by atoms with Gasteiger partial charge in [0.2, 0.25) is 5.91 Å². The number of para-hydroxylation sites is 1. The van der Waals surface area contributed by atoms with Crippen LogP contribution in [0.15, 0.2) is 52.3 Å². The van der Waals surface area contributed by atoms with E-state index in [9.17, 15) is 4.79 Å². The van der Waals surface area contributed by atoms with E-state index in [4.69, 9.17) is 4.74 Å². The molecule has 0 atom stereocenters. The van der Waals surface area contributed by atoms with Crippen molar-refractivity contribution in [2.24, 2.45) is 0 Å². The summed E-state index contributed by atoms with van der Waals surface area (Å²) in [6, 6.07) is 13.4. The molecular weight excluding hydrogens is 338 g/mol. The number of halogens is 1. The Labute approximate surface area is 130 Å². The number of carbonyl (C=O) groups is 1. The van der Waals surface area contributed by atoms with Crippen LogP contribution in [0.2, 0.25) is 0 Å². The summed E-state index contributed by atoms with van der Waals surface area (Å²) >= 11 is 4.96. The molecule has 104 valence electrons. The summed E-state index contributed by atoms with van der Waals surface area (Å²) in [5.41, 5.74) is 0. The van der Waals surface area contributed by atoms with E-state index < -0.39 is 0 Å². The fourth-order valence-electron chi connectivity index (χ4n) is 1.49. The second kappa shape index (κ2) is 7.87. The summed E-state index contributed by atoms with van der Waals surface area (Å²) in [5.74, 6) is 0.687. The van der Waals surface area contributed by atoms with E-state index in [-0.39, 0.29) is 5.91 Å². The van der Waals surface area contributed by atoms with E-state index in [1.165, 1.54) is 6.08 Å². The number of hydrogen-bond donors (Lipinski definition) is 1. The monoisotopic (exact) mass is 351 g/mol. The smallest absolute Gasteiger partial charge is 0.244 e. The molecule has 0 aliphatic rings. The van der Waals surface area contributed by atoms with Crippen LogP contribution >= 0.6 is 27.3 Å². The zero-order valence-electron chi connectivity index (χ0n) is 10.7. The molecule has 0 bridgehead atoms. The molecule has 0 saturated heterocycles. The highest BCUT2D eigenvalue weighted by Crippen LogP contribution is 2.22. The Kier molecular flexibility index (Phi) is 5.83. The summed E-state index contributed by atoms with van der Waals surface area (Å²) in [5, 5.41) is 2.77. The van der Waals surface area contributed by atoms with Crippen LogP contribution in [0.25, 0.3) is 6.08 Å². The molecule has 20 heavy (non-hydrogen) atoms. The maximum atomic E-state index is 11.6. The number of rotatable bonds is 6. The number of carbonyl (C=O) groups excluding carboxylic acids is 1. The SMILES string of the molecule is O=C(/C=C/c1ccc(Br)s1)NCCOc1ccccc1. The maximum Gasteiger partial charge on any atom is 0.244 e. The van der Waals surface area contributed by atoms with Crippen molar-refractivity contribution in [3.63, 3.8) is 0 Å². The van der Waals surface area contributed by atoms with Gasteiger partial charge in [-0.25, -0.2) is 0 Å². The summed E-state index contributed by atoms with van der Waals surface area (Å²) in [6.45, 7) is 0.931. The minimum absolute atomic E-state index is 0.119. The van der Waals surface area contributed by atoms with Crippen molar-refractivity contribution >= 4 is 39.2 Å². The third kappa shape index (κ3) is 5.19. The number of amides is 1. The number of nitrogens with one attached hydrogen (secondary N) is 1. The highest BCUT2D eigenvalue weighted by molar-refractivity contribution is 9.11. The predicted molar refractivity (Wildman–Crippen MR) is 86.0 cm³/mol. The third-order valence-corrected chi connectivity index (χ3v) is 4.00. The average molecular weight is 352 g/mol. The second-order valence-corrected chi connectivity index (χ2v) is 6.42. The van der Waals surface area contributed by atoms with Crippen molar-refractivity contribution in [2.45, 2.75) is 0 Å². The summed E-state index contributed by atoms with van der Waals surface area (Å²) in [6.07, 6.45) is 3.32. The molecule has 2 rings (SSSR count). The van der Waals surface area contributed by atoms with Gasteiger partial charge in [0, 0.05) is 11.0 Å². The van der Waals surface area contributed by atoms with E-state index in [0.29, 0.717) is 13.2 Å². The molecule has 1 amide bonds. The van der Waals surface area contributed by atoms with Crippen molar-refractivity contribution in [1.82, 2.24) is 5.32 Å². The van der Waals surface area contributed by atoms with Crippen molar-refractivity contribution < 1.29 is 9.53 Å². The van der Waals surface area contributed by atoms with E-state index in [2.05, 4.69) is 21.2 Å². The van der Waals surface area contributed by atoms with Gasteiger partial charge in [-0.1, -0.05) is 18.2 Å². The number of hydrogen-bond acceptors (Lipinski definition) is 3. The highest BCUT2D eigenvalue weighted by Gasteiger charge is 1.97. The number of thiophene rings is 1. The second-order valence-electron chi connectivity index (χ2n) is 3.93. The van der Waals surface area contributed by atoms with Crippen LogP contribution < -0.4 is 10.1 Å². The Hall–Kier alpha value is -1.59. The molecular formula is C15H14BrNO2S. The lowest BCUT2D eigenvalue weighted by Crippen LogP contribution is -2.26. The summed E-state index contributed by atoms with van der Waals surface area (Å²) < 4.78 is 6.53. The predicted octanol–water partition coefficient (Wildman–Crippen LogP) is 3.72. The Bertz CT molecular complexity index is 581. The van der Waals surface area contributed by atoms with E-state index >= 15 is 0 Å². The van der Waals surface area contributed by atoms with Crippen LogP contribution in [0.5, 0.6) is 5.75 Å². The molecule has 3 nitrogen and oxygen atoms in total. The van der Waals surface area contributed by atoms with Crippen LogP contribution in [0.3, 0.4) is 0 Å². The van der Waals surface area contributed by atoms with Crippen LogP contribution in [0.1, 0.15) is 4.88 Å². The number of ether oxygens (including phenoxy) is 1. The largest absolute Gasteiger partial charge is 0.492 e. The van der Waals surface area contributed by atoms with Gasteiger partial charge >= 0.3 is 0 Å². The molecule has 1 heterocycles. The molecule has 0 aliphatic heterocycles. The molecule has 0 saturated carbocycles. The van der Waals surface area contributed by atoms with Gasteiger partial charge in [-0.2, -0.15) is 0 Å². The van der Waals surface area contributed by atoms with E-state index in [1.807, 2.05) is 42.5 Å². The Balaban J connectivity index is 1.66. The van der Waals surface area contributed by atoms with Gasteiger partial charge in [-0.15, -0.1) is 11.3 Å².